The maximum absolute atomic E-state index is 13.1. The van der Waals surface area contributed by atoms with Crippen LogP contribution in [0.4, 0.5) is 4.39 Å². The second kappa shape index (κ2) is 6.27. The fraction of sp³-hybridized carbons (Fsp3) is 0.375. The van der Waals surface area contributed by atoms with E-state index in [0.717, 1.165) is 49.0 Å². The van der Waals surface area contributed by atoms with Gasteiger partial charge in [0.1, 0.15) is 5.82 Å². The summed E-state index contributed by atoms with van der Waals surface area (Å²) in [6.07, 6.45) is 4.91. The molecule has 1 N–H and O–H groups in total. The summed E-state index contributed by atoms with van der Waals surface area (Å²) < 4.78 is 14.9. The second-order valence-corrected chi connectivity index (χ2v) is 5.36. The van der Waals surface area contributed by atoms with Gasteiger partial charge in [-0.2, -0.15) is 5.10 Å². The normalized spacial score (nSPS) is 14.3. The monoisotopic (exact) mass is 303 g/mol. The molecular weight excluding hydrogens is 285 g/mol. The van der Waals surface area contributed by atoms with Gasteiger partial charge in [0, 0.05) is 11.3 Å². The fourth-order valence-electron chi connectivity index (χ4n) is 2.90. The number of nitrogens with one attached hydrogen (secondary N) is 1. The summed E-state index contributed by atoms with van der Waals surface area (Å²) in [5, 5.41) is 4.45. The highest BCUT2D eigenvalue weighted by Crippen LogP contribution is 2.26. The Morgan fingerprint density at radius 1 is 1.23 bits per heavy atom. The third kappa shape index (κ3) is 2.74. The molecule has 1 amide bonds. The van der Waals surface area contributed by atoms with Gasteiger partial charge < -0.3 is 0 Å². The number of halogens is 1. The van der Waals surface area contributed by atoms with Crippen molar-refractivity contribution in [1.29, 1.82) is 0 Å². The lowest BCUT2D eigenvalue weighted by Crippen LogP contribution is -2.23. The van der Waals surface area contributed by atoms with Crippen LogP contribution in [0.1, 0.15) is 41.0 Å². The third-order valence-electron chi connectivity index (χ3n) is 3.91. The van der Waals surface area contributed by atoms with Crippen LogP contribution >= 0.6 is 0 Å². The molecule has 1 aromatic carbocycles. The minimum atomic E-state index is -0.346. The third-order valence-corrected chi connectivity index (χ3v) is 3.91. The van der Waals surface area contributed by atoms with Crippen molar-refractivity contribution in [1.82, 2.24) is 15.3 Å². The number of fused-ring (bicyclic) bond motifs is 1. The van der Waals surface area contributed by atoms with E-state index in [-0.39, 0.29) is 11.7 Å². The Morgan fingerprint density at radius 3 is 2.68 bits per heavy atom. The molecule has 5 nitrogen and oxygen atoms in total. The molecule has 1 aromatic heterocycles. The molecule has 0 atom stereocenters. The number of hydrogen-bond acceptors (Lipinski definition) is 3. The molecule has 1 heterocycles. The summed E-state index contributed by atoms with van der Waals surface area (Å²) in [7, 11) is 1.40. The van der Waals surface area contributed by atoms with E-state index >= 15 is 0 Å². The Labute approximate surface area is 128 Å². The van der Waals surface area contributed by atoms with Crippen LogP contribution in [0.5, 0.6) is 0 Å². The van der Waals surface area contributed by atoms with Crippen molar-refractivity contribution in [3.05, 3.63) is 47.0 Å². The molecule has 0 spiro atoms. The summed E-state index contributed by atoms with van der Waals surface area (Å²) in [5.74, 6) is -0.638. The van der Waals surface area contributed by atoms with E-state index in [9.17, 15) is 9.18 Å². The van der Waals surface area contributed by atoms with Gasteiger partial charge in [0.15, 0.2) is 5.69 Å². The van der Waals surface area contributed by atoms with E-state index in [0.29, 0.717) is 5.69 Å². The molecule has 0 unspecified atom stereocenters. The Balaban J connectivity index is 2.09. The number of amides is 1. The van der Waals surface area contributed by atoms with Gasteiger partial charge in [-0.15, -0.1) is 0 Å². The molecule has 3 rings (SSSR count). The molecule has 0 aliphatic heterocycles. The zero-order valence-corrected chi connectivity index (χ0v) is 12.4. The Kier molecular flexibility index (Phi) is 4.20. The maximum Gasteiger partial charge on any atom is 0.295 e. The Hall–Kier alpha value is -2.21. The van der Waals surface area contributed by atoms with Crippen molar-refractivity contribution in [2.24, 2.45) is 0 Å². The first kappa shape index (κ1) is 14.7. The van der Waals surface area contributed by atoms with Crippen LogP contribution in [0.3, 0.4) is 0 Å². The molecule has 0 saturated heterocycles. The molecule has 1 aliphatic carbocycles. The Morgan fingerprint density at radius 2 is 1.95 bits per heavy atom. The second-order valence-electron chi connectivity index (χ2n) is 5.36. The predicted octanol–water partition coefficient (Wildman–Crippen LogP) is 2.57. The SMILES string of the molecule is CONC(=O)c1nn(-c2ccc(F)cc2)c2c1CCCCC2. The molecule has 0 radical (unpaired) electrons. The van der Waals surface area contributed by atoms with E-state index in [1.54, 1.807) is 16.8 Å². The minimum Gasteiger partial charge on any atom is -0.277 e. The standard InChI is InChI=1S/C16H18FN3O2/c1-22-19-16(21)15-13-5-3-2-4-6-14(13)20(18-15)12-9-7-11(17)8-10-12/h7-10H,2-6H2,1H3,(H,19,21). The number of hydroxylamine groups is 1. The molecule has 0 bridgehead atoms. The van der Waals surface area contributed by atoms with E-state index < -0.39 is 0 Å². The van der Waals surface area contributed by atoms with Gasteiger partial charge in [-0.25, -0.2) is 14.6 Å². The number of benzene rings is 1. The van der Waals surface area contributed by atoms with Gasteiger partial charge in [-0.1, -0.05) is 6.42 Å². The van der Waals surface area contributed by atoms with Crippen molar-refractivity contribution in [3.8, 4) is 5.69 Å². The first-order valence-electron chi connectivity index (χ1n) is 7.40. The number of aromatic nitrogens is 2. The van der Waals surface area contributed by atoms with E-state index in [1.807, 2.05) is 0 Å². The zero-order chi connectivity index (χ0) is 15.5. The summed E-state index contributed by atoms with van der Waals surface area (Å²) in [6, 6.07) is 6.14. The lowest BCUT2D eigenvalue weighted by Gasteiger charge is -2.07. The van der Waals surface area contributed by atoms with Crippen molar-refractivity contribution in [2.45, 2.75) is 32.1 Å². The fourth-order valence-corrected chi connectivity index (χ4v) is 2.90. The number of carbonyl (C=O) groups is 1. The summed E-state index contributed by atoms with van der Waals surface area (Å²) in [6.45, 7) is 0. The van der Waals surface area contributed by atoms with Crippen LogP contribution in [0.15, 0.2) is 24.3 Å². The Bertz CT molecular complexity index is 679. The predicted molar refractivity (Wildman–Crippen MR) is 79.3 cm³/mol. The smallest absolute Gasteiger partial charge is 0.277 e. The lowest BCUT2D eigenvalue weighted by atomic mass is 10.1. The molecule has 116 valence electrons. The topological polar surface area (TPSA) is 56.1 Å². The minimum absolute atomic E-state index is 0.292. The zero-order valence-electron chi connectivity index (χ0n) is 12.4. The van der Waals surface area contributed by atoms with Gasteiger partial charge in [0.2, 0.25) is 0 Å². The average Bonchev–Trinajstić information content (AvgIpc) is 2.71. The quantitative estimate of drug-likeness (QED) is 0.700. The molecule has 0 saturated carbocycles. The highest BCUT2D eigenvalue weighted by Gasteiger charge is 2.24. The van der Waals surface area contributed by atoms with Gasteiger partial charge in [0.25, 0.3) is 5.91 Å². The molecule has 2 aromatic rings. The van der Waals surface area contributed by atoms with Gasteiger partial charge >= 0.3 is 0 Å². The highest BCUT2D eigenvalue weighted by molar-refractivity contribution is 5.93. The van der Waals surface area contributed by atoms with Crippen LogP contribution in [0.25, 0.3) is 5.69 Å². The van der Waals surface area contributed by atoms with Crippen molar-refractivity contribution < 1.29 is 14.0 Å². The van der Waals surface area contributed by atoms with Crippen LogP contribution in [-0.2, 0) is 17.7 Å². The van der Waals surface area contributed by atoms with Crippen molar-refractivity contribution in [3.63, 3.8) is 0 Å². The van der Waals surface area contributed by atoms with E-state index in [2.05, 4.69) is 10.6 Å². The first-order chi connectivity index (χ1) is 10.7. The van der Waals surface area contributed by atoms with Crippen LogP contribution < -0.4 is 5.48 Å². The summed E-state index contributed by atoms with van der Waals surface area (Å²) >= 11 is 0. The number of hydrogen-bond donors (Lipinski definition) is 1. The van der Waals surface area contributed by atoms with E-state index in [4.69, 9.17) is 4.84 Å². The first-order valence-corrected chi connectivity index (χ1v) is 7.40. The molecule has 1 aliphatic rings. The largest absolute Gasteiger partial charge is 0.295 e. The lowest BCUT2D eigenvalue weighted by molar-refractivity contribution is 0.0531. The summed E-state index contributed by atoms with van der Waals surface area (Å²) in [4.78, 5) is 16.9. The van der Waals surface area contributed by atoms with Crippen LogP contribution in [0, 0.1) is 5.82 Å². The van der Waals surface area contributed by atoms with Gasteiger partial charge in [-0.3, -0.25) is 9.63 Å². The number of nitrogens with zero attached hydrogens (tertiary/aromatic N) is 2. The van der Waals surface area contributed by atoms with Gasteiger partial charge in [-0.05, 0) is 49.9 Å². The molecule has 22 heavy (non-hydrogen) atoms. The van der Waals surface area contributed by atoms with Crippen molar-refractivity contribution >= 4 is 5.91 Å². The van der Waals surface area contributed by atoms with Crippen molar-refractivity contribution in [2.75, 3.05) is 7.11 Å². The maximum atomic E-state index is 13.1. The molecule has 6 heteroatoms. The molecule has 0 fully saturated rings. The average molecular weight is 303 g/mol. The van der Waals surface area contributed by atoms with E-state index in [1.165, 1.54) is 19.2 Å². The number of rotatable bonds is 3. The number of carbonyl (C=O) groups excluding carboxylic acids is 1. The van der Waals surface area contributed by atoms with Gasteiger partial charge in [0.05, 0.1) is 12.8 Å². The van der Waals surface area contributed by atoms with Crippen LogP contribution in [0.2, 0.25) is 0 Å². The van der Waals surface area contributed by atoms with Crippen LogP contribution in [-0.4, -0.2) is 22.8 Å². The highest BCUT2D eigenvalue weighted by atomic mass is 19.1. The summed E-state index contributed by atoms with van der Waals surface area (Å²) in [5.41, 5.74) is 5.49. The molecular formula is C16H18FN3O2.